The third-order valence-electron chi connectivity index (χ3n) is 2.93. The Labute approximate surface area is 133 Å². The second-order valence-electron chi connectivity index (χ2n) is 4.63. The van der Waals surface area contributed by atoms with Crippen LogP contribution in [-0.4, -0.2) is 5.91 Å². The Balaban J connectivity index is 2.32. The lowest BCUT2D eigenvalue weighted by Crippen LogP contribution is -2.30. The highest BCUT2D eigenvalue weighted by Gasteiger charge is 2.16. The number of amides is 1. The number of rotatable bonds is 4. The van der Waals surface area contributed by atoms with Gasteiger partial charge in [0, 0.05) is 14.8 Å². The van der Waals surface area contributed by atoms with Crippen LogP contribution in [0.25, 0.3) is 0 Å². The fraction of sp³-hybridized carbons (Fsp3) is 0.118. The molecular weight excluding hydrogens is 361 g/mol. The number of benzene rings is 2. The van der Waals surface area contributed by atoms with Gasteiger partial charge < -0.3 is 4.90 Å². The van der Waals surface area contributed by atoms with E-state index in [0.717, 1.165) is 14.8 Å². The van der Waals surface area contributed by atoms with Gasteiger partial charge in [-0.15, -0.1) is 0 Å². The van der Waals surface area contributed by atoms with Crippen LogP contribution < -0.4 is 4.90 Å². The van der Waals surface area contributed by atoms with E-state index < -0.39 is 0 Å². The largest absolute Gasteiger partial charge is 0.304 e. The van der Waals surface area contributed by atoms with Crippen molar-refractivity contribution < 1.29 is 4.79 Å². The molecule has 0 radical (unpaired) electrons. The van der Waals surface area contributed by atoms with Crippen LogP contribution in [0.2, 0.25) is 0 Å². The van der Waals surface area contributed by atoms with Crippen molar-refractivity contribution in [1.29, 1.82) is 0 Å². The molecule has 0 saturated heterocycles. The number of carbonyl (C=O) groups excluding carboxylic acids is 1. The van der Waals surface area contributed by atoms with Crippen molar-refractivity contribution in [3.63, 3.8) is 0 Å². The molecule has 0 heterocycles. The van der Waals surface area contributed by atoms with Gasteiger partial charge in [0.15, 0.2) is 0 Å². The van der Waals surface area contributed by atoms with E-state index in [4.69, 9.17) is 0 Å². The normalized spacial score (nSPS) is 10.1. The highest BCUT2D eigenvalue weighted by Crippen LogP contribution is 2.20. The second-order valence-corrected chi connectivity index (χ2v) is 5.88. The fourth-order valence-electron chi connectivity index (χ4n) is 1.90. The summed E-state index contributed by atoms with van der Waals surface area (Å²) >= 11 is 2.25. The van der Waals surface area contributed by atoms with Crippen LogP contribution in [0.3, 0.4) is 0 Å². The van der Waals surface area contributed by atoms with Crippen LogP contribution in [-0.2, 0) is 11.3 Å². The minimum absolute atomic E-state index is 0.0462. The van der Waals surface area contributed by atoms with Crippen molar-refractivity contribution in [2.24, 2.45) is 0 Å². The monoisotopic (exact) mass is 377 g/mol. The predicted octanol–water partition coefficient (Wildman–Crippen LogP) is 4.40. The van der Waals surface area contributed by atoms with Gasteiger partial charge in [0.1, 0.15) is 0 Å². The third kappa shape index (κ3) is 3.70. The maximum absolute atomic E-state index is 12.4. The smallest absolute Gasteiger partial charge is 0.253 e. The van der Waals surface area contributed by atoms with E-state index in [2.05, 4.69) is 29.2 Å². The maximum atomic E-state index is 12.4. The Kier molecular flexibility index (Phi) is 4.95. The molecule has 0 N–H and O–H groups in total. The van der Waals surface area contributed by atoms with Crippen LogP contribution in [0.5, 0.6) is 0 Å². The van der Waals surface area contributed by atoms with Gasteiger partial charge in [-0.2, -0.15) is 0 Å². The number of anilines is 1. The van der Waals surface area contributed by atoms with E-state index in [1.165, 1.54) is 0 Å². The van der Waals surface area contributed by atoms with Crippen molar-refractivity contribution in [2.45, 2.75) is 13.5 Å². The molecule has 0 aromatic heterocycles. The molecule has 0 fully saturated rings. The quantitative estimate of drug-likeness (QED) is 0.571. The van der Waals surface area contributed by atoms with E-state index >= 15 is 0 Å². The first kappa shape index (κ1) is 14.8. The maximum Gasteiger partial charge on any atom is 0.253 e. The van der Waals surface area contributed by atoms with Crippen LogP contribution in [0.1, 0.15) is 12.5 Å². The number of hydrogen-bond acceptors (Lipinski definition) is 1. The highest BCUT2D eigenvalue weighted by atomic mass is 127. The average molecular weight is 377 g/mol. The minimum Gasteiger partial charge on any atom is -0.304 e. The molecule has 1 amide bonds. The standard InChI is InChI=1S/C17H16INO/c1-13(2)17(20)19(12-14-6-4-3-5-7-14)16-10-8-15(18)9-11-16/h3-11H,1,12H2,2H3. The van der Waals surface area contributed by atoms with Gasteiger partial charge >= 0.3 is 0 Å². The summed E-state index contributed by atoms with van der Waals surface area (Å²) in [5.74, 6) is -0.0462. The molecule has 0 spiro atoms. The zero-order valence-corrected chi connectivity index (χ0v) is 13.5. The van der Waals surface area contributed by atoms with Gasteiger partial charge in [-0.3, -0.25) is 4.79 Å². The van der Waals surface area contributed by atoms with Crippen molar-refractivity contribution in [3.05, 3.63) is 75.9 Å². The first-order chi connectivity index (χ1) is 9.58. The summed E-state index contributed by atoms with van der Waals surface area (Å²) in [6.45, 7) is 6.06. The molecule has 3 heteroatoms. The zero-order chi connectivity index (χ0) is 14.5. The summed E-state index contributed by atoms with van der Waals surface area (Å²) < 4.78 is 1.15. The van der Waals surface area contributed by atoms with Crippen molar-refractivity contribution in [2.75, 3.05) is 4.90 Å². The second kappa shape index (κ2) is 6.70. The molecule has 20 heavy (non-hydrogen) atoms. The molecule has 0 aliphatic heterocycles. The number of nitrogens with zero attached hydrogens (tertiary/aromatic N) is 1. The molecule has 0 saturated carbocycles. The lowest BCUT2D eigenvalue weighted by atomic mass is 10.1. The molecule has 2 nitrogen and oxygen atoms in total. The Morgan fingerprint density at radius 1 is 1.10 bits per heavy atom. The van der Waals surface area contributed by atoms with Crippen molar-refractivity contribution in [3.8, 4) is 0 Å². The zero-order valence-electron chi connectivity index (χ0n) is 11.3. The topological polar surface area (TPSA) is 20.3 Å². The van der Waals surface area contributed by atoms with Gasteiger partial charge in [0.25, 0.3) is 5.91 Å². The molecule has 0 unspecified atom stereocenters. The number of carbonyl (C=O) groups is 1. The van der Waals surface area contributed by atoms with Gasteiger partial charge in [-0.05, 0) is 59.3 Å². The fourth-order valence-corrected chi connectivity index (χ4v) is 2.26. The number of halogens is 1. The highest BCUT2D eigenvalue weighted by molar-refractivity contribution is 14.1. The predicted molar refractivity (Wildman–Crippen MR) is 91.6 cm³/mol. The molecule has 2 aromatic carbocycles. The van der Waals surface area contributed by atoms with Gasteiger partial charge in [-0.25, -0.2) is 0 Å². The molecule has 0 atom stereocenters. The lowest BCUT2D eigenvalue weighted by Gasteiger charge is -2.23. The molecular formula is C17H16INO. The van der Waals surface area contributed by atoms with Crippen LogP contribution in [0, 0.1) is 3.57 Å². The number of hydrogen-bond donors (Lipinski definition) is 0. The Hall–Kier alpha value is -1.62. The van der Waals surface area contributed by atoms with E-state index in [1.54, 1.807) is 11.8 Å². The molecule has 0 aliphatic carbocycles. The first-order valence-electron chi connectivity index (χ1n) is 6.35. The Bertz CT molecular complexity index is 605. The van der Waals surface area contributed by atoms with Gasteiger partial charge in [0.2, 0.25) is 0 Å². The van der Waals surface area contributed by atoms with E-state index in [9.17, 15) is 4.79 Å². The summed E-state index contributed by atoms with van der Waals surface area (Å²) in [7, 11) is 0. The summed E-state index contributed by atoms with van der Waals surface area (Å²) in [5.41, 5.74) is 2.53. The molecule has 2 rings (SSSR count). The molecule has 2 aromatic rings. The van der Waals surface area contributed by atoms with Crippen molar-refractivity contribution in [1.82, 2.24) is 0 Å². The SMILES string of the molecule is C=C(C)C(=O)N(Cc1ccccc1)c1ccc(I)cc1. The van der Waals surface area contributed by atoms with Crippen LogP contribution in [0.15, 0.2) is 66.7 Å². The Morgan fingerprint density at radius 2 is 1.70 bits per heavy atom. The van der Waals surface area contributed by atoms with E-state index in [0.29, 0.717) is 12.1 Å². The average Bonchev–Trinajstić information content (AvgIpc) is 2.46. The molecule has 102 valence electrons. The van der Waals surface area contributed by atoms with Crippen LogP contribution >= 0.6 is 22.6 Å². The summed E-state index contributed by atoms with van der Waals surface area (Å²) in [4.78, 5) is 14.1. The van der Waals surface area contributed by atoms with Gasteiger partial charge in [-0.1, -0.05) is 36.9 Å². The van der Waals surface area contributed by atoms with Crippen molar-refractivity contribution >= 4 is 34.2 Å². The van der Waals surface area contributed by atoms with E-state index in [1.807, 2.05) is 54.6 Å². The first-order valence-corrected chi connectivity index (χ1v) is 7.42. The van der Waals surface area contributed by atoms with Crippen LogP contribution in [0.4, 0.5) is 5.69 Å². The summed E-state index contributed by atoms with van der Waals surface area (Å²) in [5, 5.41) is 0. The summed E-state index contributed by atoms with van der Waals surface area (Å²) in [6.07, 6.45) is 0. The minimum atomic E-state index is -0.0462. The van der Waals surface area contributed by atoms with Gasteiger partial charge in [0.05, 0.1) is 6.54 Å². The lowest BCUT2D eigenvalue weighted by molar-refractivity contribution is -0.115. The van der Waals surface area contributed by atoms with E-state index in [-0.39, 0.29) is 5.91 Å². The summed E-state index contributed by atoms with van der Waals surface area (Å²) in [6, 6.07) is 17.9. The Morgan fingerprint density at radius 3 is 2.25 bits per heavy atom. The molecule has 0 aliphatic rings. The third-order valence-corrected chi connectivity index (χ3v) is 3.65. The molecule has 0 bridgehead atoms.